The molecule has 182 valence electrons. The Labute approximate surface area is 195 Å². The predicted octanol–water partition coefficient (Wildman–Crippen LogP) is 6.48. The van der Waals surface area contributed by atoms with Crippen LogP contribution in [-0.4, -0.2) is 29.4 Å². The first-order valence-electron chi connectivity index (χ1n) is 13.3. The van der Waals surface area contributed by atoms with E-state index in [2.05, 4.69) is 32.2 Å². The first-order valence-corrected chi connectivity index (χ1v) is 13.3. The molecule has 0 aromatic heterocycles. The first kappa shape index (κ1) is 24.1. The van der Waals surface area contributed by atoms with E-state index in [9.17, 15) is 9.90 Å². The van der Waals surface area contributed by atoms with Crippen LogP contribution in [0.4, 0.5) is 4.79 Å². The van der Waals surface area contributed by atoms with E-state index < -0.39 is 5.60 Å². The summed E-state index contributed by atoms with van der Waals surface area (Å²) >= 11 is 0. The zero-order chi connectivity index (χ0) is 23.3. The third-order valence-electron chi connectivity index (χ3n) is 10.1. The molecule has 4 aliphatic rings. The average molecular weight is 446 g/mol. The monoisotopic (exact) mass is 445 g/mol. The van der Waals surface area contributed by atoms with E-state index in [-0.39, 0.29) is 12.2 Å². The lowest BCUT2D eigenvalue weighted by Gasteiger charge is -2.58. The number of aliphatic hydroxyl groups excluding tert-OH is 1. The minimum atomic E-state index is -0.443. The number of allylic oxidation sites excluding steroid dienone is 1. The molecule has 0 spiro atoms. The highest BCUT2D eigenvalue weighted by Crippen LogP contribution is 2.67. The fourth-order valence-electron chi connectivity index (χ4n) is 8.53. The summed E-state index contributed by atoms with van der Waals surface area (Å²) in [5.74, 6) is 3.81. The molecule has 4 heteroatoms. The maximum absolute atomic E-state index is 12.0. The van der Waals surface area contributed by atoms with Crippen LogP contribution in [0.1, 0.15) is 99.3 Å². The van der Waals surface area contributed by atoms with Gasteiger partial charge in [0.2, 0.25) is 0 Å². The van der Waals surface area contributed by atoms with Crippen LogP contribution in [0.15, 0.2) is 11.6 Å². The first-order chi connectivity index (χ1) is 14.9. The molecule has 0 bridgehead atoms. The number of carbonyl (C=O) groups is 1. The van der Waals surface area contributed by atoms with Crippen LogP contribution >= 0.6 is 0 Å². The normalized spacial score (nSPS) is 42.2. The third kappa shape index (κ3) is 4.38. The van der Waals surface area contributed by atoms with Crippen molar-refractivity contribution in [2.75, 3.05) is 6.54 Å². The predicted molar refractivity (Wildman–Crippen MR) is 129 cm³/mol. The van der Waals surface area contributed by atoms with Crippen LogP contribution in [-0.2, 0) is 4.74 Å². The van der Waals surface area contributed by atoms with Crippen molar-refractivity contribution in [3.8, 4) is 0 Å². The molecule has 0 aromatic rings. The quantitative estimate of drug-likeness (QED) is 0.487. The summed E-state index contributed by atoms with van der Waals surface area (Å²) < 4.78 is 5.40. The third-order valence-corrected chi connectivity index (χ3v) is 10.1. The van der Waals surface area contributed by atoms with E-state index >= 15 is 0 Å². The molecule has 3 fully saturated rings. The summed E-state index contributed by atoms with van der Waals surface area (Å²) in [6.07, 6.45) is 12.8. The molecule has 0 aliphatic heterocycles. The highest BCUT2D eigenvalue weighted by molar-refractivity contribution is 5.67. The SMILES string of the molecule is C[C@H](CCNC(=O)OC(C)(C)C)[C@H]1CC[C@H]2[C@@H]3CC=C4C[C@@H](O)CC[C@]4(C)[C@H]3CC[C@]12C. The molecule has 3 saturated carbocycles. The van der Waals surface area contributed by atoms with Crippen molar-refractivity contribution in [2.24, 2.45) is 40.4 Å². The summed E-state index contributed by atoms with van der Waals surface area (Å²) in [6.45, 7) is 13.9. The second kappa shape index (κ2) is 8.64. The largest absolute Gasteiger partial charge is 0.444 e. The number of fused-ring (bicyclic) bond motifs is 5. The smallest absolute Gasteiger partial charge is 0.407 e. The molecule has 0 heterocycles. The van der Waals surface area contributed by atoms with Gasteiger partial charge in [0.25, 0.3) is 0 Å². The summed E-state index contributed by atoms with van der Waals surface area (Å²) in [4.78, 5) is 12.0. The maximum atomic E-state index is 12.0. The molecular weight excluding hydrogens is 398 g/mol. The Hall–Kier alpha value is -1.03. The summed E-state index contributed by atoms with van der Waals surface area (Å²) in [5, 5.41) is 13.2. The number of rotatable bonds is 4. The number of hydrogen-bond donors (Lipinski definition) is 2. The van der Waals surface area contributed by atoms with Gasteiger partial charge >= 0.3 is 6.09 Å². The fraction of sp³-hybridized carbons (Fsp3) is 0.893. The Kier molecular flexibility index (Phi) is 6.51. The molecule has 32 heavy (non-hydrogen) atoms. The molecule has 4 nitrogen and oxygen atoms in total. The highest BCUT2D eigenvalue weighted by atomic mass is 16.6. The van der Waals surface area contributed by atoms with Gasteiger partial charge in [0.1, 0.15) is 5.60 Å². The van der Waals surface area contributed by atoms with Gasteiger partial charge in [0.15, 0.2) is 0 Å². The molecule has 2 N–H and O–H groups in total. The number of aliphatic hydroxyl groups is 1. The summed E-state index contributed by atoms with van der Waals surface area (Å²) in [7, 11) is 0. The molecule has 4 rings (SSSR count). The van der Waals surface area contributed by atoms with Gasteiger partial charge < -0.3 is 15.2 Å². The number of hydrogen-bond acceptors (Lipinski definition) is 3. The Morgan fingerprint density at radius 2 is 1.94 bits per heavy atom. The number of nitrogens with one attached hydrogen (secondary N) is 1. The molecule has 1 amide bonds. The van der Waals surface area contributed by atoms with Gasteiger partial charge in [-0.1, -0.05) is 32.4 Å². The maximum Gasteiger partial charge on any atom is 0.407 e. The van der Waals surface area contributed by atoms with E-state index in [0.717, 1.165) is 42.9 Å². The molecular formula is C28H47NO3. The van der Waals surface area contributed by atoms with Crippen LogP contribution in [0.25, 0.3) is 0 Å². The van der Waals surface area contributed by atoms with Crippen LogP contribution < -0.4 is 5.32 Å². The lowest BCUT2D eigenvalue weighted by molar-refractivity contribution is -0.0571. The van der Waals surface area contributed by atoms with Gasteiger partial charge in [-0.2, -0.15) is 0 Å². The van der Waals surface area contributed by atoms with E-state index in [4.69, 9.17) is 4.74 Å². The van der Waals surface area contributed by atoms with Crippen LogP contribution in [0.3, 0.4) is 0 Å². The number of amides is 1. The minimum Gasteiger partial charge on any atom is -0.444 e. The van der Waals surface area contributed by atoms with Gasteiger partial charge in [0, 0.05) is 6.54 Å². The zero-order valence-electron chi connectivity index (χ0n) is 21.4. The van der Waals surface area contributed by atoms with E-state index in [0.29, 0.717) is 23.3 Å². The Morgan fingerprint density at radius 1 is 1.19 bits per heavy atom. The van der Waals surface area contributed by atoms with Crippen molar-refractivity contribution in [2.45, 2.75) is 111 Å². The second-order valence-corrected chi connectivity index (χ2v) is 13.1. The number of carbonyl (C=O) groups excluding carboxylic acids is 1. The van der Waals surface area contributed by atoms with E-state index in [1.54, 1.807) is 5.57 Å². The lowest BCUT2D eigenvalue weighted by atomic mass is 9.47. The Bertz CT molecular complexity index is 739. The average Bonchev–Trinajstić information content (AvgIpc) is 3.04. The van der Waals surface area contributed by atoms with Gasteiger partial charge in [0.05, 0.1) is 6.10 Å². The van der Waals surface area contributed by atoms with Crippen LogP contribution in [0.5, 0.6) is 0 Å². The van der Waals surface area contributed by atoms with Crippen LogP contribution in [0, 0.1) is 40.4 Å². The molecule has 0 saturated heterocycles. The van der Waals surface area contributed by atoms with Crippen molar-refractivity contribution in [3.63, 3.8) is 0 Å². The standard InChI is InChI=1S/C28H47NO3/c1-18(13-16-29-25(31)32-26(2,3)4)22-9-10-23-21-8-7-19-17-20(30)11-14-27(19,5)24(21)12-15-28(22,23)6/h7,18,20-24,30H,8-17H2,1-6H3,(H,29,31)/t18-,20+,21+,22-,23+,24+,27+,28-/m1/s1. The Morgan fingerprint density at radius 3 is 2.66 bits per heavy atom. The van der Waals surface area contributed by atoms with Crippen LogP contribution in [0.2, 0.25) is 0 Å². The molecule has 0 radical (unpaired) electrons. The van der Waals surface area contributed by atoms with Gasteiger partial charge in [-0.05, 0) is 119 Å². The van der Waals surface area contributed by atoms with Crippen molar-refractivity contribution < 1.29 is 14.6 Å². The highest BCUT2D eigenvalue weighted by Gasteiger charge is 2.59. The molecule has 8 atom stereocenters. The number of alkyl carbamates (subject to hydrolysis) is 1. The molecule has 4 aliphatic carbocycles. The van der Waals surface area contributed by atoms with E-state index in [1.165, 1.54) is 38.5 Å². The second-order valence-electron chi connectivity index (χ2n) is 13.1. The van der Waals surface area contributed by atoms with Gasteiger partial charge in [-0.15, -0.1) is 0 Å². The summed E-state index contributed by atoms with van der Waals surface area (Å²) in [5.41, 5.74) is 1.88. The van der Waals surface area contributed by atoms with Crippen molar-refractivity contribution in [1.82, 2.24) is 5.32 Å². The topological polar surface area (TPSA) is 58.6 Å². The fourth-order valence-corrected chi connectivity index (χ4v) is 8.53. The minimum absolute atomic E-state index is 0.120. The summed E-state index contributed by atoms with van der Waals surface area (Å²) in [6, 6.07) is 0. The zero-order valence-corrected chi connectivity index (χ0v) is 21.4. The van der Waals surface area contributed by atoms with Crippen molar-refractivity contribution >= 4 is 6.09 Å². The van der Waals surface area contributed by atoms with Gasteiger partial charge in [-0.25, -0.2) is 4.79 Å². The van der Waals surface area contributed by atoms with Gasteiger partial charge in [-0.3, -0.25) is 0 Å². The number of ether oxygens (including phenoxy) is 1. The Balaban J connectivity index is 1.39. The molecule has 0 unspecified atom stereocenters. The van der Waals surface area contributed by atoms with Crippen molar-refractivity contribution in [3.05, 3.63) is 11.6 Å². The van der Waals surface area contributed by atoms with Crippen molar-refractivity contribution in [1.29, 1.82) is 0 Å². The lowest BCUT2D eigenvalue weighted by Crippen LogP contribution is -2.50. The van der Waals surface area contributed by atoms with E-state index in [1.807, 2.05) is 20.8 Å². The molecule has 0 aromatic carbocycles.